The van der Waals surface area contributed by atoms with E-state index >= 15 is 0 Å². The van der Waals surface area contributed by atoms with Crippen molar-refractivity contribution in [1.82, 2.24) is 9.97 Å². The maximum atomic E-state index is 11.9. The van der Waals surface area contributed by atoms with E-state index in [1.165, 1.54) is 11.3 Å². The smallest absolute Gasteiger partial charge is 0.174 e. The quantitative estimate of drug-likeness (QED) is 0.680. The van der Waals surface area contributed by atoms with E-state index in [0.29, 0.717) is 6.42 Å². The van der Waals surface area contributed by atoms with Crippen LogP contribution in [0.15, 0.2) is 23.7 Å². The number of carbonyl (C=O) groups is 1. The summed E-state index contributed by atoms with van der Waals surface area (Å²) in [4.78, 5) is 21.8. The van der Waals surface area contributed by atoms with E-state index in [4.69, 9.17) is 0 Å². The highest BCUT2D eigenvalue weighted by molar-refractivity contribution is 7.18. The third kappa shape index (κ3) is 1.81. The molecule has 0 saturated carbocycles. The van der Waals surface area contributed by atoms with Gasteiger partial charge in [0.25, 0.3) is 0 Å². The Morgan fingerprint density at radius 3 is 3.11 bits per heavy atom. The molecular weight excluding hydrogens is 276 g/mol. The topological polar surface area (TPSA) is 42.9 Å². The molecule has 0 aliphatic heterocycles. The van der Waals surface area contributed by atoms with E-state index in [-0.39, 0.29) is 5.78 Å². The number of Topliss-reactive ketones (excluding diaryl/α,β-unsaturated/α-hetero) is 1. The van der Waals surface area contributed by atoms with Crippen LogP contribution in [0.3, 0.4) is 0 Å². The van der Waals surface area contributed by atoms with Crippen LogP contribution in [0.5, 0.6) is 0 Å². The number of rotatable bonds is 1. The van der Waals surface area contributed by atoms with Gasteiger partial charge in [-0.1, -0.05) is 0 Å². The molecule has 0 N–H and O–H groups in total. The Bertz CT molecular complexity index is 788. The van der Waals surface area contributed by atoms with Gasteiger partial charge in [-0.25, -0.2) is 4.98 Å². The molecule has 1 aliphatic rings. The van der Waals surface area contributed by atoms with Crippen molar-refractivity contribution in [3.63, 3.8) is 0 Å². The van der Waals surface area contributed by atoms with Gasteiger partial charge < -0.3 is 0 Å². The molecule has 0 amide bonds. The zero-order chi connectivity index (χ0) is 12.8. The maximum Gasteiger partial charge on any atom is 0.174 e. The molecule has 3 nitrogen and oxygen atoms in total. The second kappa shape index (κ2) is 4.21. The molecule has 19 heavy (non-hydrogen) atoms. The fourth-order valence-corrected chi connectivity index (χ4v) is 4.20. The van der Waals surface area contributed by atoms with Gasteiger partial charge in [0.15, 0.2) is 5.78 Å². The monoisotopic (exact) mass is 286 g/mol. The Morgan fingerprint density at radius 1 is 1.26 bits per heavy atom. The van der Waals surface area contributed by atoms with E-state index in [9.17, 15) is 4.79 Å². The van der Waals surface area contributed by atoms with Crippen LogP contribution in [0.2, 0.25) is 0 Å². The minimum absolute atomic E-state index is 0.246. The first-order chi connectivity index (χ1) is 9.31. The highest BCUT2D eigenvalue weighted by Crippen LogP contribution is 2.33. The summed E-state index contributed by atoms with van der Waals surface area (Å²) in [5, 5.41) is 2.96. The summed E-state index contributed by atoms with van der Waals surface area (Å²) in [6, 6.07) is 4.13. The van der Waals surface area contributed by atoms with Crippen molar-refractivity contribution in [3.8, 4) is 10.6 Å². The van der Waals surface area contributed by atoms with Crippen molar-refractivity contribution in [2.24, 2.45) is 0 Å². The van der Waals surface area contributed by atoms with Gasteiger partial charge in [-0.3, -0.25) is 9.78 Å². The van der Waals surface area contributed by atoms with Crippen LogP contribution in [0.4, 0.5) is 0 Å². The number of thiazole rings is 1. The fraction of sp³-hybridized carbons (Fsp3) is 0.214. The van der Waals surface area contributed by atoms with Crippen molar-refractivity contribution in [3.05, 3.63) is 34.3 Å². The molecule has 0 radical (unpaired) electrons. The van der Waals surface area contributed by atoms with Crippen LogP contribution in [-0.2, 0) is 6.42 Å². The summed E-state index contributed by atoms with van der Waals surface area (Å²) in [6.45, 7) is 0. The van der Waals surface area contributed by atoms with E-state index < -0.39 is 0 Å². The van der Waals surface area contributed by atoms with Gasteiger partial charge in [-0.05, 0) is 30.4 Å². The average molecular weight is 286 g/mol. The van der Waals surface area contributed by atoms with Gasteiger partial charge in [0.05, 0.1) is 20.8 Å². The van der Waals surface area contributed by atoms with Gasteiger partial charge in [0.2, 0.25) is 0 Å². The van der Waals surface area contributed by atoms with Gasteiger partial charge >= 0.3 is 0 Å². The van der Waals surface area contributed by atoms with Gasteiger partial charge in [0, 0.05) is 18.2 Å². The molecule has 4 rings (SSSR count). The first-order valence-corrected chi connectivity index (χ1v) is 7.87. The van der Waals surface area contributed by atoms with Crippen molar-refractivity contribution in [1.29, 1.82) is 0 Å². The van der Waals surface area contributed by atoms with Crippen molar-refractivity contribution in [2.45, 2.75) is 19.3 Å². The summed E-state index contributed by atoms with van der Waals surface area (Å²) < 4.78 is 1.16. The summed E-state index contributed by atoms with van der Waals surface area (Å²) >= 11 is 3.19. The molecule has 0 fully saturated rings. The second-order valence-corrected chi connectivity index (χ2v) is 6.55. The molecule has 5 heteroatoms. The van der Waals surface area contributed by atoms with Gasteiger partial charge in [-0.15, -0.1) is 22.7 Å². The largest absolute Gasteiger partial charge is 0.293 e. The van der Waals surface area contributed by atoms with Crippen molar-refractivity contribution >= 4 is 38.7 Å². The van der Waals surface area contributed by atoms with Gasteiger partial charge in [-0.2, -0.15) is 0 Å². The van der Waals surface area contributed by atoms with Crippen molar-refractivity contribution < 1.29 is 4.79 Å². The lowest BCUT2D eigenvalue weighted by atomic mass is 10.0. The summed E-state index contributed by atoms with van der Waals surface area (Å²) in [5.74, 6) is 0.246. The molecular formula is C14H10N2OS2. The molecule has 3 heterocycles. The van der Waals surface area contributed by atoms with Crippen LogP contribution in [0.1, 0.15) is 28.2 Å². The van der Waals surface area contributed by atoms with E-state index in [1.807, 2.05) is 17.6 Å². The van der Waals surface area contributed by atoms with Crippen LogP contribution in [0, 0.1) is 0 Å². The highest BCUT2D eigenvalue weighted by atomic mass is 32.1. The Kier molecular flexibility index (Phi) is 2.50. The molecule has 3 aromatic rings. The third-order valence-electron chi connectivity index (χ3n) is 3.32. The molecule has 0 aromatic carbocycles. The van der Waals surface area contributed by atoms with E-state index in [0.717, 1.165) is 44.2 Å². The standard InChI is InChI=1S/C14H10N2OS2/c17-11-3-1-2-10-13(11)19-14(16-10)8-6-12-9(15-7-8)4-5-18-12/h4-7H,1-3H2. The van der Waals surface area contributed by atoms with Crippen LogP contribution < -0.4 is 0 Å². The first kappa shape index (κ1) is 11.3. The lowest BCUT2D eigenvalue weighted by Crippen LogP contribution is -2.07. The Morgan fingerprint density at radius 2 is 2.21 bits per heavy atom. The lowest BCUT2D eigenvalue weighted by Gasteiger charge is -2.06. The number of ketones is 1. The minimum Gasteiger partial charge on any atom is -0.293 e. The summed E-state index contributed by atoms with van der Waals surface area (Å²) in [7, 11) is 0. The number of carbonyl (C=O) groups excluding carboxylic acids is 1. The molecule has 0 atom stereocenters. The van der Waals surface area contributed by atoms with Crippen LogP contribution in [0.25, 0.3) is 20.8 Å². The third-order valence-corrected chi connectivity index (χ3v) is 5.36. The Hall–Kier alpha value is -1.59. The van der Waals surface area contributed by atoms with E-state index in [2.05, 4.69) is 16.0 Å². The lowest BCUT2D eigenvalue weighted by molar-refractivity contribution is 0.0976. The Labute approximate surface area is 118 Å². The molecule has 0 spiro atoms. The van der Waals surface area contributed by atoms with Crippen LogP contribution in [-0.4, -0.2) is 15.8 Å². The summed E-state index contributed by atoms with van der Waals surface area (Å²) in [5.41, 5.74) is 3.01. The van der Waals surface area contributed by atoms with Crippen LogP contribution >= 0.6 is 22.7 Å². The number of pyridine rings is 1. The van der Waals surface area contributed by atoms with Crippen molar-refractivity contribution in [2.75, 3.05) is 0 Å². The minimum atomic E-state index is 0.246. The zero-order valence-electron chi connectivity index (χ0n) is 10.0. The van der Waals surface area contributed by atoms with Gasteiger partial charge in [0.1, 0.15) is 5.01 Å². The Balaban J connectivity index is 1.85. The highest BCUT2D eigenvalue weighted by Gasteiger charge is 2.22. The first-order valence-electron chi connectivity index (χ1n) is 6.18. The number of nitrogens with zero attached hydrogens (tertiary/aromatic N) is 2. The number of aromatic nitrogens is 2. The number of fused-ring (bicyclic) bond motifs is 2. The normalized spacial score (nSPS) is 14.8. The molecule has 0 saturated heterocycles. The number of aryl methyl sites for hydroxylation is 1. The average Bonchev–Trinajstić information content (AvgIpc) is 3.04. The zero-order valence-corrected chi connectivity index (χ0v) is 11.7. The molecule has 1 aliphatic carbocycles. The SMILES string of the molecule is O=C1CCCc2nc(-c3cnc4ccsc4c3)sc21. The molecule has 0 unspecified atom stereocenters. The number of hydrogen-bond acceptors (Lipinski definition) is 5. The molecule has 94 valence electrons. The maximum absolute atomic E-state index is 11.9. The molecule has 0 bridgehead atoms. The number of hydrogen-bond donors (Lipinski definition) is 0. The summed E-state index contributed by atoms with van der Waals surface area (Å²) in [6.07, 6.45) is 4.37. The van der Waals surface area contributed by atoms with E-state index in [1.54, 1.807) is 11.3 Å². The predicted molar refractivity (Wildman–Crippen MR) is 78.0 cm³/mol. The predicted octanol–water partition coefficient (Wildman–Crippen LogP) is 3.94. The molecule has 3 aromatic heterocycles. The fourth-order valence-electron chi connectivity index (χ4n) is 2.36. The number of thiophene rings is 1. The second-order valence-electron chi connectivity index (χ2n) is 4.60.